The Morgan fingerprint density at radius 1 is 0.853 bits per heavy atom. The molecule has 0 spiro atoms. The van der Waals surface area contributed by atoms with Gasteiger partial charge in [0.1, 0.15) is 0 Å². The molecule has 1 N–H and O–H groups in total. The van der Waals surface area contributed by atoms with Crippen LogP contribution in [-0.4, -0.2) is 16.2 Å². The lowest BCUT2D eigenvalue weighted by Gasteiger charge is -2.35. The molecule has 1 aliphatic rings. The van der Waals surface area contributed by atoms with Gasteiger partial charge in [0.25, 0.3) is 5.89 Å². The number of rotatable bonds is 4. The van der Waals surface area contributed by atoms with Gasteiger partial charge in [0, 0.05) is 11.3 Å². The average molecular weight is 451 g/mol. The molecule has 170 valence electrons. The van der Waals surface area contributed by atoms with Crippen molar-refractivity contribution in [2.45, 2.75) is 33.7 Å². The fourth-order valence-corrected chi connectivity index (χ4v) is 4.46. The van der Waals surface area contributed by atoms with E-state index < -0.39 is 6.04 Å². The number of nitrogens with one attached hydrogen (secondary N) is 1. The van der Waals surface area contributed by atoms with Gasteiger partial charge in [-0.3, -0.25) is 4.90 Å². The Balaban J connectivity index is 1.66. The Kier molecular flexibility index (Phi) is 5.49. The van der Waals surface area contributed by atoms with E-state index in [0.29, 0.717) is 11.7 Å². The number of carbonyl (C=O) groups is 1. The second kappa shape index (κ2) is 8.63. The number of amides is 2. The topological polar surface area (TPSA) is 71.3 Å². The summed E-state index contributed by atoms with van der Waals surface area (Å²) >= 11 is 0. The first kappa shape index (κ1) is 21.6. The quantitative estimate of drug-likeness (QED) is 0.392. The Bertz CT molecular complexity index is 1370. The van der Waals surface area contributed by atoms with Gasteiger partial charge >= 0.3 is 6.03 Å². The van der Waals surface area contributed by atoms with Crippen LogP contribution < -0.4 is 10.2 Å². The molecule has 4 aromatic rings. The SMILES string of the molecule is CC1=C(c2nc(-c3ccc(C)cc3)no2)C(c2ccccc2)NC(=O)N1c1cc(C)cc(C)c1. The van der Waals surface area contributed by atoms with E-state index in [1.807, 2.05) is 94.4 Å². The van der Waals surface area contributed by atoms with Crippen LogP contribution in [0.2, 0.25) is 0 Å². The van der Waals surface area contributed by atoms with Crippen LogP contribution in [0.25, 0.3) is 17.0 Å². The predicted octanol–water partition coefficient (Wildman–Crippen LogP) is 6.36. The molecular weight excluding hydrogens is 424 g/mol. The first-order chi connectivity index (χ1) is 16.4. The lowest BCUT2D eigenvalue weighted by atomic mass is 9.94. The summed E-state index contributed by atoms with van der Waals surface area (Å²) in [5, 5.41) is 7.40. The van der Waals surface area contributed by atoms with Crippen LogP contribution in [0.4, 0.5) is 10.5 Å². The number of allylic oxidation sites excluding steroid dienone is 1. The minimum absolute atomic E-state index is 0.196. The van der Waals surface area contributed by atoms with Crippen molar-refractivity contribution in [3.63, 3.8) is 0 Å². The lowest BCUT2D eigenvalue weighted by molar-refractivity contribution is 0.244. The van der Waals surface area contributed by atoms with Crippen LogP contribution in [0.15, 0.2) is 83.0 Å². The molecule has 6 nitrogen and oxygen atoms in total. The van der Waals surface area contributed by atoms with Gasteiger partial charge in [-0.15, -0.1) is 0 Å². The number of hydrogen-bond donors (Lipinski definition) is 1. The van der Waals surface area contributed by atoms with Crippen molar-refractivity contribution in [2.24, 2.45) is 0 Å². The van der Waals surface area contributed by atoms with Crippen molar-refractivity contribution < 1.29 is 9.32 Å². The lowest BCUT2D eigenvalue weighted by Crippen LogP contribution is -2.46. The summed E-state index contributed by atoms with van der Waals surface area (Å²) in [4.78, 5) is 19.8. The molecule has 0 aliphatic carbocycles. The molecule has 0 saturated carbocycles. The molecule has 1 aromatic heterocycles. The third-order valence-electron chi connectivity index (χ3n) is 6.05. The van der Waals surface area contributed by atoms with E-state index in [4.69, 9.17) is 9.51 Å². The van der Waals surface area contributed by atoms with Gasteiger partial charge in [-0.2, -0.15) is 4.98 Å². The van der Waals surface area contributed by atoms with Crippen LogP contribution in [-0.2, 0) is 0 Å². The number of hydrogen-bond acceptors (Lipinski definition) is 4. The maximum Gasteiger partial charge on any atom is 0.326 e. The zero-order valence-corrected chi connectivity index (χ0v) is 19.7. The standard InChI is InChI=1S/C28H26N4O2/c1-17-10-12-22(13-11-17)26-30-27(34-31-26)24-20(4)32(23-15-18(2)14-19(3)16-23)28(33)29-25(24)21-8-6-5-7-9-21/h5-16,25H,1-4H3,(H,29,33). The number of aromatic nitrogens is 2. The predicted molar refractivity (Wildman–Crippen MR) is 133 cm³/mol. The molecule has 0 bridgehead atoms. The van der Waals surface area contributed by atoms with Gasteiger partial charge in [-0.25, -0.2) is 4.79 Å². The number of benzene rings is 3. The van der Waals surface area contributed by atoms with Crippen LogP contribution >= 0.6 is 0 Å². The molecule has 5 rings (SSSR count). The number of aryl methyl sites for hydroxylation is 3. The fraction of sp³-hybridized carbons (Fsp3) is 0.179. The van der Waals surface area contributed by atoms with E-state index in [2.05, 4.69) is 16.5 Å². The summed E-state index contributed by atoms with van der Waals surface area (Å²) in [6, 6.07) is 23.3. The van der Waals surface area contributed by atoms with Crippen LogP contribution in [0.1, 0.15) is 41.1 Å². The van der Waals surface area contributed by atoms with Crippen molar-refractivity contribution in [2.75, 3.05) is 4.90 Å². The normalized spacial score (nSPS) is 16.1. The Morgan fingerprint density at radius 2 is 1.53 bits per heavy atom. The van der Waals surface area contributed by atoms with E-state index in [1.165, 1.54) is 0 Å². The van der Waals surface area contributed by atoms with Crippen molar-refractivity contribution in [3.05, 3.63) is 107 Å². The Hall–Kier alpha value is -4.19. The number of anilines is 1. The van der Waals surface area contributed by atoms with E-state index in [-0.39, 0.29) is 6.03 Å². The van der Waals surface area contributed by atoms with E-state index >= 15 is 0 Å². The molecule has 34 heavy (non-hydrogen) atoms. The van der Waals surface area contributed by atoms with Gasteiger partial charge in [0.2, 0.25) is 5.82 Å². The molecule has 2 heterocycles. The minimum Gasteiger partial charge on any atom is -0.334 e. The molecule has 0 fully saturated rings. The molecule has 1 aliphatic heterocycles. The number of carbonyl (C=O) groups excluding carboxylic acids is 1. The second-order valence-electron chi connectivity index (χ2n) is 8.76. The molecule has 2 amide bonds. The zero-order chi connectivity index (χ0) is 23.8. The summed E-state index contributed by atoms with van der Waals surface area (Å²) < 4.78 is 5.78. The van der Waals surface area contributed by atoms with Gasteiger partial charge in [0.15, 0.2) is 0 Å². The summed E-state index contributed by atoms with van der Waals surface area (Å²) in [5.74, 6) is 0.897. The molecule has 1 unspecified atom stereocenters. The number of urea groups is 1. The van der Waals surface area contributed by atoms with E-state index in [0.717, 1.165) is 44.8 Å². The fourth-order valence-electron chi connectivity index (χ4n) is 4.46. The first-order valence-corrected chi connectivity index (χ1v) is 11.3. The molecule has 6 heteroatoms. The first-order valence-electron chi connectivity index (χ1n) is 11.3. The van der Waals surface area contributed by atoms with Crippen LogP contribution in [0.5, 0.6) is 0 Å². The average Bonchev–Trinajstić information content (AvgIpc) is 3.29. The zero-order valence-electron chi connectivity index (χ0n) is 19.7. The van der Waals surface area contributed by atoms with Gasteiger partial charge in [-0.05, 0) is 56.5 Å². The maximum atomic E-state index is 13.4. The van der Waals surface area contributed by atoms with Gasteiger partial charge in [0.05, 0.1) is 17.3 Å². The highest BCUT2D eigenvalue weighted by atomic mass is 16.5. The molecular formula is C28H26N4O2. The van der Waals surface area contributed by atoms with Crippen molar-refractivity contribution in [1.29, 1.82) is 0 Å². The summed E-state index contributed by atoms with van der Waals surface area (Å²) in [6.45, 7) is 8.02. The van der Waals surface area contributed by atoms with Gasteiger partial charge < -0.3 is 9.84 Å². The second-order valence-corrected chi connectivity index (χ2v) is 8.76. The third-order valence-corrected chi connectivity index (χ3v) is 6.05. The van der Waals surface area contributed by atoms with Crippen molar-refractivity contribution >= 4 is 17.3 Å². The smallest absolute Gasteiger partial charge is 0.326 e. The van der Waals surface area contributed by atoms with Crippen LogP contribution in [0, 0.1) is 20.8 Å². The Labute approximate surface area is 198 Å². The summed E-state index contributed by atoms with van der Waals surface area (Å²) in [6.07, 6.45) is 0. The monoisotopic (exact) mass is 450 g/mol. The number of nitrogens with zero attached hydrogens (tertiary/aromatic N) is 3. The molecule has 1 atom stereocenters. The van der Waals surface area contributed by atoms with Crippen LogP contribution in [0.3, 0.4) is 0 Å². The summed E-state index contributed by atoms with van der Waals surface area (Å²) in [7, 11) is 0. The van der Waals surface area contributed by atoms with E-state index in [9.17, 15) is 4.79 Å². The highest BCUT2D eigenvalue weighted by Crippen LogP contribution is 2.39. The molecule has 0 radical (unpaired) electrons. The molecule has 3 aromatic carbocycles. The highest BCUT2D eigenvalue weighted by molar-refractivity contribution is 6.01. The minimum atomic E-state index is -0.415. The summed E-state index contributed by atoms with van der Waals surface area (Å²) in [5.41, 5.74) is 7.48. The maximum absolute atomic E-state index is 13.4. The highest BCUT2D eigenvalue weighted by Gasteiger charge is 2.36. The Morgan fingerprint density at radius 3 is 2.21 bits per heavy atom. The van der Waals surface area contributed by atoms with Crippen molar-refractivity contribution in [1.82, 2.24) is 15.5 Å². The van der Waals surface area contributed by atoms with E-state index in [1.54, 1.807) is 4.90 Å². The van der Waals surface area contributed by atoms with Gasteiger partial charge in [-0.1, -0.05) is 71.4 Å². The van der Waals surface area contributed by atoms with Crippen molar-refractivity contribution in [3.8, 4) is 11.4 Å². The largest absolute Gasteiger partial charge is 0.334 e. The third kappa shape index (κ3) is 3.99. The molecule has 0 saturated heterocycles.